The van der Waals surface area contributed by atoms with Crippen molar-refractivity contribution in [3.05, 3.63) is 35.4 Å². The molecular formula is C12H14O6. The molecule has 0 atom stereocenters. The summed E-state index contributed by atoms with van der Waals surface area (Å²) in [5.74, 6) is -1.66. The van der Waals surface area contributed by atoms with Crippen LogP contribution in [0.1, 0.15) is 40.5 Å². The molecule has 0 aliphatic carbocycles. The molecule has 1 aromatic carbocycles. The molecule has 0 spiro atoms. The molecule has 98 valence electrons. The second kappa shape index (κ2) is 7.41. The third kappa shape index (κ3) is 4.15. The minimum atomic E-state index is -0.948. The molecule has 0 fully saturated rings. The predicted molar refractivity (Wildman–Crippen MR) is 60.8 cm³/mol. The van der Waals surface area contributed by atoms with Crippen LogP contribution in [0.5, 0.6) is 0 Å². The van der Waals surface area contributed by atoms with Gasteiger partial charge in [-0.2, -0.15) is 10.1 Å². The molecule has 0 aliphatic heterocycles. The van der Waals surface area contributed by atoms with Crippen LogP contribution in [0.15, 0.2) is 24.3 Å². The van der Waals surface area contributed by atoms with Crippen LogP contribution in [-0.2, 0) is 14.7 Å². The Kier molecular flexibility index (Phi) is 5.83. The average molecular weight is 254 g/mol. The van der Waals surface area contributed by atoms with Gasteiger partial charge in [-0.25, -0.2) is 9.59 Å². The molecule has 18 heavy (non-hydrogen) atoms. The maximum Gasteiger partial charge on any atom is 0.373 e. The van der Waals surface area contributed by atoms with Crippen molar-refractivity contribution in [1.29, 1.82) is 0 Å². The summed E-state index contributed by atoms with van der Waals surface area (Å²) in [7, 11) is 0. The Morgan fingerprint density at radius 2 is 1.89 bits per heavy atom. The number of carbonyl (C=O) groups excluding carboxylic acids is 2. The van der Waals surface area contributed by atoms with Gasteiger partial charge in [0.15, 0.2) is 0 Å². The van der Waals surface area contributed by atoms with Crippen molar-refractivity contribution in [3.63, 3.8) is 0 Å². The molecule has 6 heteroatoms. The topological polar surface area (TPSA) is 82.1 Å². The summed E-state index contributed by atoms with van der Waals surface area (Å²) in [5, 5.41) is 8.23. The standard InChI is InChI=1S/C12H14O6/c1-2-3-7-16-18-12(14)10-6-4-5-9(8-10)11(13)17-15/h4-6,8,15H,2-3,7H2,1H3. The maximum absolute atomic E-state index is 11.5. The molecule has 0 saturated carbocycles. The van der Waals surface area contributed by atoms with E-state index in [0.717, 1.165) is 12.8 Å². The van der Waals surface area contributed by atoms with E-state index in [4.69, 9.17) is 10.1 Å². The molecule has 0 heterocycles. The lowest BCUT2D eigenvalue weighted by Gasteiger charge is -2.04. The lowest BCUT2D eigenvalue weighted by atomic mass is 10.1. The van der Waals surface area contributed by atoms with Crippen molar-refractivity contribution in [2.24, 2.45) is 0 Å². The zero-order valence-electron chi connectivity index (χ0n) is 9.92. The number of unbranched alkanes of at least 4 members (excludes halogenated alkanes) is 1. The first-order chi connectivity index (χ1) is 8.69. The van der Waals surface area contributed by atoms with Gasteiger partial charge in [0, 0.05) is 0 Å². The lowest BCUT2D eigenvalue weighted by Crippen LogP contribution is -2.09. The molecule has 6 nitrogen and oxygen atoms in total. The van der Waals surface area contributed by atoms with E-state index in [1.807, 2.05) is 6.92 Å². The van der Waals surface area contributed by atoms with Crippen LogP contribution in [-0.4, -0.2) is 23.8 Å². The Hall–Kier alpha value is -1.92. The van der Waals surface area contributed by atoms with Crippen molar-refractivity contribution in [2.45, 2.75) is 19.8 Å². The second-order valence-corrected chi connectivity index (χ2v) is 3.51. The molecule has 0 saturated heterocycles. The van der Waals surface area contributed by atoms with E-state index in [1.54, 1.807) is 0 Å². The summed E-state index contributed by atoms with van der Waals surface area (Å²) in [4.78, 5) is 35.3. The van der Waals surface area contributed by atoms with Crippen molar-refractivity contribution in [3.8, 4) is 0 Å². The van der Waals surface area contributed by atoms with Gasteiger partial charge in [0.1, 0.15) is 0 Å². The van der Waals surface area contributed by atoms with Crippen LogP contribution in [0.2, 0.25) is 0 Å². The first-order valence-corrected chi connectivity index (χ1v) is 5.48. The molecule has 0 amide bonds. The van der Waals surface area contributed by atoms with Gasteiger partial charge in [-0.05, 0) is 24.6 Å². The monoisotopic (exact) mass is 254 g/mol. The number of hydrogen-bond acceptors (Lipinski definition) is 6. The second-order valence-electron chi connectivity index (χ2n) is 3.51. The van der Waals surface area contributed by atoms with Crippen LogP contribution < -0.4 is 0 Å². The Morgan fingerprint density at radius 1 is 1.22 bits per heavy atom. The number of rotatable bonds is 6. The highest BCUT2D eigenvalue weighted by Gasteiger charge is 2.13. The lowest BCUT2D eigenvalue weighted by molar-refractivity contribution is -0.241. The number of carbonyl (C=O) groups is 2. The fourth-order valence-electron chi connectivity index (χ4n) is 1.17. The highest BCUT2D eigenvalue weighted by molar-refractivity contribution is 5.94. The van der Waals surface area contributed by atoms with Gasteiger partial charge >= 0.3 is 11.9 Å². The van der Waals surface area contributed by atoms with E-state index in [1.165, 1.54) is 24.3 Å². The smallest absolute Gasteiger partial charge is 0.296 e. The Bertz CT molecular complexity index is 415. The van der Waals surface area contributed by atoms with E-state index in [-0.39, 0.29) is 11.1 Å². The highest BCUT2D eigenvalue weighted by Crippen LogP contribution is 2.08. The van der Waals surface area contributed by atoms with Crippen LogP contribution in [0.3, 0.4) is 0 Å². The van der Waals surface area contributed by atoms with Crippen molar-refractivity contribution in [2.75, 3.05) is 6.61 Å². The first-order valence-electron chi connectivity index (χ1n) is 5.48. The fourth-order valence-corrected chi connectivity index (χ4v) is 1.17. The zero-order valence-corrected chi connectivity index (χ0v) is 9.92. The van der Waals surface area contributed by atoms with Crippen LogP contribution in [0, 0.1) is 0 Å². The van der Waals surface area contributed by atoms with E-state index in [9.17, 15) is 9.59 Å². The molecule has 1 aromatic rings. The zero-order chi connectivity index (χ0) is 13.4. The van der Waals surface area contributed by atoms with E-state index < -0.39 is 11.9 Å². The van der Waals surface area contributed by atoms with E-state index in [0.29, 0.717) is 6.61 Å². The normalized spacial score (nSPS) is 9.89. The summed E-state index contributed by atoms with van der Waals surface area (Å²) in [6, 6.07) is 5.56. The molecule has 1 rings (SSSR count). The van der Waals surface area contributed by atoms with E-state index in [2.05, 4.69) is 9.78 Å². The van der Waals surface area contributed by atoms with Crippen LogP contribution in [0.4, 0.5) is 0 Å². The minimum Gasteiger partial charge on any atom is -0.296 e. The maximum atomic E-state index is 11.5. The van der Waals surface area contributed by atoms with E-state index >= 15 is 0 Å². The molecule has 0 radical (unpaired) electrons. The number of benzene rings is 1. The molecular weight excluding hydrogens is 240 g/mol. The van der Waals surface area contributed by atoms with Gasteiger partial charge in [-0.3, -0.25) is 9.78 Å². The minimum absolute atomic E-state index is 0.0421. The summed E-state index contributed by atoms with van der Waals surface area (Å²) < 4.78 is 0. The summed E-state index contributed by atoms with van der Waals surface area (Å²) in [6.07, 6.45) is 1.71. The highest BCUT2D eigenvalue weighted by atomic mass is 17.2. The molecule has 0 aliphatic rings. The van der Waals surface area contributed by atoms with Crippen molar-refractivity contribution in [1.82, 2.24) is 0 Å². The molecule has 0 bridgehead atoms. The Labute approximate surface area is 104 Å². The number of hydrogen-bond donors (Lipinski definition) is 1. The summed E-state index contributed by atoms with van der Waals surface area (Å²) in [6.45, 7) is 2.30. The Morgan fingerprint density at radius 3 is 2.50 bits per heavy atom. The quantitative estimate of drug-likeness (QED) is 0.476. The molecule has 0 unspecified atom stereocenters. The van der Waals surface area contributed by atoms with Gasteiger partial charge in [0.2, 0.25) is 0 Å². The largest absolute Gasteiger partial charge is 0.373 e. The summed E-state index contributed by atoms with van der Waals surface area (Å²) in [5.41, 5.74) is 0.176. The third-order valence-electron chi connectivity index (χ3n) is 2.13. The third-order valence-corrected chi connectivity index (χ3v) is 2.13. The summed E-state index contributed by atoms with van der Waals surface area (Å²) >= 11 is 0. The van der Waals surface area contributed by atoms with Gasteiger partial charge < -0.3 is 0 Å². The average Bonchev–Trinajstić information content (AvgIpc) is 2.42. The fraction of sp³-hybridized carbons (Fsp3) is 0.333. The van der Waals surface area contributed by atoms with Gasteiger partial charge in [-0.15, -0.1) is 0 Å². The SMILES string of the molecule is CCCCOOC(=O)c1cccc(C(=O)OO)c1. The first kappa shape index (κ1) is 14.1. The van der Waals surface area contributed by atoms with Gasteiger partial charge in [-0.1, -0.05) is 19.4 Å². The van der Waals surface area contributed by atoms with Crippen molar-refractivity contribution >= 4 is 11.9 Å². The van der Waals surface area contributed by atoms with Gasteiger partial charge in [0.25, 0.3) is 0 Å². The molecule has 0 aromatic heterocycles. The predicted octanol–water partition coefficient (Wildman–Crippen LogP) is 2.20. The van der Waals surface area contributed by atoms with Gasteiger partial charge in [0.05, 0.1) is 17.7 Å². The Balaban J connectivity index is 2.60. The van der Waals surface area contributed by atoms with Crippen LogP contribution in [0.25, 0.3) is 0 Å². The van der Waals surface area contributed by atoms with Crippen molar-refractivity contribution < 1.29 is 29.5 Å². The van der Waals surface area contributed by atoms with Crippen LogP contribution >= 0.6 is 0 Å². The molecule has 1 N–H and O–H groups in total.